The molecule has 0 radical (unpaired) electrons. The van der Waals surface area contributed by atoms with Crippen LogP contribution in [0.4, 0.5) is 10.1 Å². The molecule has 152 valence electrons. The zero-order chi connectivity index (χ0) is 20.7. The quantitative estimate of drug-likeness (QED) is 0.730. The Labute approximate surface area is 169 Å². The van der Waals surface area contributed by atoms with E-state index in [4.69, 9.17) is 0 Å². The fraction of sp³-hybridized carbons (Fsp3) is 0.238. The van der Waals surface area contributed by atoms with E-state index >= 15 is 0 Å². The van der Waals surface area contributed by atoms with Crippen molar-refractivity contribution >= 4 is 33.5 Å². The number of hydrogen-bond acceptors (Lipinski definition) is 4. The molecule has 0 saturated heterocycles. The Kier molecular flexibility index (Phi) is 6.77. The summed E-state index contributed by atoms with van der Waals surface area (Å²) in [5, 5.41) is 2.64. The van der Waals surface area contributed by atoms with Gasteiger partial charge >= 0.3 is 0 Å². The van der Waals surface area contributed by atoms with Gasteiger partial charge in [0.1, 0.15) is 11.7 Å². The lowest BCUT2D eigenvalue weighted by atomic mass is 10.2. The first-order valence-electron chi connectivity index (χ1n) is 9.33. The summed E-state index contributed by atoms with van der Waals surface area (Å²) in [6.45, 7) is 0.631. The number of nitrogens with zero attached hydrogens (tertiary/aromatic N) is 1. The monoisotopic (exact) mass is 415 g/mol. The van der Waals surface area contributed by atoms with Gasteiger partial charge in [0.2, 0.25) is 5.91 Å². The van der Waals surface area contributed by atoms with Gasteiger partial charge in [0.25, 0.3) is 10.0 Å². The average Bonchev–Trinajstić information content (AvgIpc) is 2.95. The number of amidine groups is 1. The van der Waals surface area contributed by atoms with E-state index < -0.39 is 15.9 Å². The molecule has 2 aromatic carbocycles. The molecule has 2 aromatic rings. The zero-order valence-electron chi connectivity index (χ0n) is 15.8. The van der Waals surface area contributed by atoms with Crippen molar-refractivity contribution in [3.8, 4) is 0 Å². The molecule has 0 spiro atoms. The smallest absolute Gasteiger partial charge is 0.262 e. The lowest BCUT2D eigenvalue weighted by Gasteiger charge is -2.10. The van der Waals surface area contributed by atoms with Crippen LogP contribution in [0.3, 0.4) is 0 Å². The Bertz CT molecular complexity index is 1030. The highest BCUT2D eigenvalue weighted by Crippen LogP contribution is 2.16. The SMILES string of the molecule is O=C(/C=C/c1cccc(F)c1)Nc1ccc(S(=O)(=O)NC2=NCCCCC2)cc1. The van der Waals surface area contributed by atoms with Crippen LogP contribution < -0.4 is 10.0 Å². The van der Waals surface area contributed by atoms with E-state index in [1.165, 1.54) is 48.6 Å². The van der Waals surface area contributed by atoms with Crippen LogP contribution in [0.15, 0.2) is 64.5 Å². The summed E-state index contributed by atoms with van der Waals surface area (Å²) in [5.41, 5.74) is 1.01. The third-order valence-electron chi connectivity index (χ3n) is 4.33. The van der Waals surface area contributed by atoms with E-state index in [9.17, 15) is 17.6 Å². The molecule has 3 rings (SSSR count). The third kappa shape index (κ3) is 6.25. The van der Waals surface area contributed by atoms with Crippen molar-refractivity contribution in [3.05, 3.63) is 66.0 Å². The minimum Gasteiger partial charge on any atom is -0.323 e. The van der Waals surface area contributed by atoms with Crippen LogP contribution in [0.25, 0.3) is 6.08 Å². The molecule has 0 saturated carbocycles. The van der Waals surface area contributed by atoms with Crippen LogP contribution >= 0.6 is 0 Å². The molecule has 6 nitrogen and oxygen atoms in total. The van der Waals surface area contributed by atoms with Crippen LogP contribution in [0.1, 0.15) is 31.2 Å². The molecule has 2 N–H and O–H groups in total. The van der Waals surface area contributed by atoms with Gasteiger partial charge in [0, 0.05) is 24.7 Å². The van der Waals surface area contributed by atoms with Crippen molar-refractivity contribution in [2.24, 2.45) is 4.99 Å². The van der Waals surface area contributed by atoms with Gasteiger partial charge < -0.3 is 5.32 Å². The molecule has 1 amide bonds. The number of nitrogens with one attached hydrogen (secondary N) is 2. The number of benzene rings is 2. The number of sulfonamides is 1. The van der Waals surface area contributed by atoms with Crippen molar-refractivity contribution in [1.82, 2.24) is 4.72 Å². The second kappa shape index (κ2) is 9.47. The first-order chi connectivity index (χ1) is 13.9. The van der Waals surface area contributed by atoms with E-state index in [0.29, 0.717) is 30.1 Å². The first kappa shape index (κ1) is 20.7. The molecular weight excluding hydrogens is 393 g/mol. The molecule has 0 unspecified atom stereocenters. The molecule has 29 heavy (non-hydrogen) atoms. The highest BCUT2D eigenvalue weighted by atomic mass is 32.2. The van der Waals surface area contributed by atoms with Crippen LogP contribution in [0, 0.1) is 5.82 Å². The molecular formula is C21H22FN3O3S. The molecule has 8 heteroatoms. The molecule has 1 aliphatic rings. The number of hydrogen-bond donors (Lipinski definition) is 2. The second-order valence-electron chi connectivity index (χ2n) is 6.65. The summed E-state index contributed by atoms with van der Waals surface area (Å²) < 4.78 is 40.7. The topological polar surface area (TPSA) is 87.6 Å². The summed E-state index contributed by atoms with van der Waals surface area (Å²) in [6.07, 6.45) is 6.31. The number of amides is 1. The van der Waals surface area contributed by atoms with Crippen molar-refractivity contribution in [3.63, 3.8) is 0 Å². The van der Waals surface area contributed by atoms with Crippen LogP contribution in [-0.4, -0.2) is 26.7 Å². The van der Waals surface area contributed by atoms with Crippen LogP contribution in [0.2, 0.25) is 0 Å². The van der Waals surface area contributed by atoms with Crippen molar-refractivity contribution in [2.75, 3.05) is 11.9 Å². The number of anilines is 1. The van der Waals surface area contributed by atoms with Gasteiger partial charge in [0.05, 0.1) is 4.90 Å². The lowest BCUT2D eigenvalue weighted by Crippen LogP contribution is -2.30. The van der Waals surface area contributed by atoms with Gasteiger partial charge in [-0.05, 0) is 60.9 Å². The lowest BCUT2D eigenvalue weighted by molar-refractivity contribution is -0.111. The summed E-state index contributed by atoms with van der Waals surface area (Å²) in [7, 11) is -3.71. The summed E-state index contributed by atoms with van der Waals surface area (Å²) in [5.74, 6) is -0.300. The average molecular weight is 415 g/mol. The maximum Gasteiger partial charge on any atom is 0.262 e. The van der Waals surface area contributed by atoms with Gasteiger partial charge in [0.15, 0.2) is 0 Å². The van der Waals surface area contributed by atoms with Crippen LogP contribution in [0.5, 0.6) is 0 Å². The Morgan fingerprint density at radius 2 is 1.86 bits per heavy atom. The predicted molar refractivity (Wildman–Crippen MR) is 112 cm³/mol. The Morgan fingerprint density at radius 3 is 2.62 bits per heavy atom. The van der Waals surface area contributed by atoms with E-state index in [1.807, 2.05) is 0 Å². The number of carbonyl (C=O) groups is 1. The standard InChI is InChI=1S/C21H22FN3O3S/c22-17-6-4-5-16(15-17)8-13-21(26)24-18-9-11-19(12-10-18)29(27,28)25-20-7-2-1-3-14-23-20/h4-6,8-13,15H,1-3,7,14H2,(H,23,25)(H,24,26)/b13-8+. The molecule has 1 aliphatic heterocycles. The number of aliphatic imine (C=N–C) groups is 1. The van der Waals surface area contributed by atoms with Gasteiger partial charge in [-0.25, -0.2) is 12.8 Å². The highest BCUT2D eigenvalue weighted by molar-refractivity contribution is 7.90. The van der Waals surface area contributed by atoms with Crippen molar-refractivity contribution < 1.29 is 17.6 Å². The zero-order valence-corrected chi connectivity index (χ0v) is 16.6. The Morgan fingerprint density at radius 1 is 1.07 bits per heavy atom. The molecule has 0 bridgehead atoms. The summed E-state index contributed by atoms with van der Waals surface area (Å²) in [4.78, 5) is 16.4. The molecule has 0 fully saturated rings. The van der Waals surface area contributed by atoms with Crippen LogP contribution in [-0.2, 0) is 14.8 Å². The van der Waals surface area contributed by atoms with E-state index in [0.717, 1.165) is 19.3 Å². The number of rotatable bonds is 5. The van der Waals surface area contributed by atoms with Gasteiger partial charge in [-0.15, -0.1) is 0 Å². The van der Waals surface area contributed by atoms with E-state index in [1.54, 1.807) is 12.1 Å². The normalized spacial score (nSPS) is 14.9. The number of halogens is 1. The van der Waals surface area contributed by atoms with Crippen molar-refractivity contribution in [2.45, 2.75) is 30.6 Å². The minimum atomic E-state index is -3.71. The first-order valence-corrected chi connectivity index (χ1v) is 10.8. The highest BCUT2D eigenvalue weighted by Gasteiger charge is 2.17. The maximum absolute atomic E-state index is 13.1. The fourth-order valence-corrected chi connectivity index (χ4v) is 3.94. The van der Waals surface area contributed by atoms with Gasteiger partial charge in [-0.2, -0.15) is 0 Å². The second-order valence-corrected chi connectivity index (χ2v) is 8.33. The molecule has 0 atom stereocenters. The van der Waals surface area contributed by atoms with Gasteiger partial charge in [-0.1, -0.05) is 18.6 Å². The Balaban J connectivity index is 1.61. The minimum absolute atomic E-state index is 0.0951. The maximum atomic E-state index is 13.1. The molecule has 0 aromatic heterocycles. The van der Waals surface area contributed by atoms with E-state index in [2.05, 4.69) is 15.0 Å². The molecule has 1 heterocycles. The Hall–Kier alpha value is -3.00. The van der Waals surface area contributed by atoms with Gasteiger partial charge in [-0.3, -0.25) is 14.5 Å². The van der Waals surface area contributed by atoms with E-state index in [-0.39, 0.29) is 10.7 Å². The largest absolute Gasteiger partial charge is 0.323 e. The summed E-state index contributed by atoms with van der Waals surface area (Å²) in [6, 6.07) is 11.7. The predicted octanol–water partition coefficient (Wildman–Crippen LogP) is 3.73. The van der Waals surface area contributed by atoms with Crippen molar-refractivity contribution in [1.29, 1.82) is 0 Å². The molecule has 0 aliphatic carbocycles. The fourth-order valence-electron chi connectivity index (χ4n) is 2.85. The number of carbonyl (C=O) groups excluding carboxylic acids is 1. The third-order valence-corrected chi connectivity index (χ3v) is 5.73. The summed E-state index contributed by atoms with van der Waals surface area (Å²) >= 11 is 0.